The Hall–Kier alpha value is -1.06. The quantitative estimate of drug-likeness (QED) is 0.221. The molecule has 0 spiro atoms. The standard InChI is InChI=1S/C20H38O4/c1-4-7-8-9-10-11-12-13-14-15-16-17-24-19(23)20(5-2,6-3)18(21)22/h4-17H2,1-3H3,(H,21,22). The molecule has 0 heterocycles. The van der Waals surface area contributed by atoms with Gasteiger partial charge in [0, 0.05) is 0 Å². The summed E-state index contributed by atoms with van der Waals surface area (Å²) in [6.07, 6.45) is 14.2. The number of aliphatic carboxylic acids is 1. The monoisotopic (exact) mass is 342 g/mol. The molecule has 0 radical (unpaired) electrons. The number of hydrogen-bond donors (Lipinski definition) is 1. The topological polar surface area (TPSA) is 63.6 Å². The highest BCUT2D eigenvalue weighted by Gasteiger charge is 2.44. The lowest BCUT2D eigenvalue weighted by atomic mass is 9.82. The fourth-order valence-electron chi connectivity index (χ4n) is 3.00. The van der Waals surface area contributed by atoms with Gasteiger partial charge < -0.3 is 9.84 Å². The van der Waals surface area contributed by atoms with Gasteiger partial charge in [0.15, 0.2) is 5.41 Å². The smallest absolute Gasteiger partial charge is 0.323 e. The van der Waals surface area contributed by atoms with Crippen molar-refractivity contribution in [3.05, 3.63) is 0 Å². The molecule has 24 heavy (non-hydrogen) atoms. The van der Waals surface area contributed by atoms with Gasteiger partial charge in [-0.25, -0.2) is 0 Å². The van der Waals surface area contributed by atoms with Gasteiger partial charge in [0.2, 0.25) is 0 Å². The molecule has 1 N–H and O–H groups in total. The van der Waals surface area contributed by atoms with Crippen molar-refractivity contribution in [1.29, 1.82) is 0 Å². The van der Waals surface area contributed by atoms with Crippen LogP contribution < -0.4 is 0 Å². The average Bonchev–Trinajstić information content (AvgIpc) is 2.57. The molecule has 0 amide bonds. The van der Waals surface area contributed by atoms with E-state index in [-0.39, 0.29) is 12.8 Å². The van der Waals surface area contributed by atoms with Crippen molar-refractivity contribution in [2.45, 2.75) is 104 Å². The highest BCUT2D eigenvalue weighted by Crippen LogP contribution is 2.28. The molecule has 0 aliphatic rings. The fourth-order valence-corrected chi connectivity index (χ4v) is 3.00. The summed E-state index contributed by atoms with van der Waals surface area (Å²) in [6.45, 7) is 6.02. The van der Waals surface area contributed by atoms with Crippen molar-refractivity contribution in [3.8, 4) is 0 Å². The maximum Gasteiger partial charge on any atom is 0.323 e. The number of carbonyl (C=O) groups is 2. The molecule has 4 nitrogen and oxygen atoms in total. The molecule has 0 aliphatic carbocycles. The maximum atomic E-state index is 12.0. The van der Waals surface area contributed by atoms with Crippen molar-refractivity contribution in [2.75, 3.05) is 6.61 Å². The van der Waals surface area contributed by atoms with Crippen molar-refractivity contribution >= 4 is 11.9 Å². The van der Waals surface area contributed by atoms with E-state index in [4.69, 9.17) is 4.74 Å². The number of carboxylic acids is 1. The van der Waals surface area contributed by atoms with E-state index >= 15 is 0 Å². The lowest BCUT2D eigenvalue weighted by Gasteiger charge is -2.24. The Bertz CT molecular complexity index is 335. The molecular formula is C20H38O4. The molecule has 142 valence electrons. The van der Waals surface area contributed by atoms with Crippen molar-refractivity contribution < 1.29 is 19.4 Å². The molecule has 0 bridgehead atoms. The Morgan fingerprint density at radius 1 is 0.750 bits per heavy atom. The summed E-state index contributed by atoms with van der Waals surface area (Å²) >= 11 is 0. The van der Waals surface area contributed by atoms with Gasteiger partial charge in [0.1, 0.15) is 0 Å². The molecule has 0 rings (SSSR count). The zero-order chi connectivity index (χ0) is 18.3. The van der Waals surface area contributed by atoms with E-state index in [1.165, 1.54) is 51.4 Å². The van der Waals surface area contributed by atoms with E-state index in [2.05, 4.69) is 6.92 Å². The molecule has 0 unspecified atom stereocenters. The lowest BCUT2D eigenvalue weighted by Crippen LogP contribution is -2.39. The van der Waals surface area contributed by atoms with E-state index in [0.717, 1.165) is 19.3 Å². The molecule has 4 heteroatoms. The van der Waals surface area contributed by atoms with Crippen LogP contribution in [0.1, 0.15) is 104 Å². The average molecular weight is 343 g/mol. The third-order valence-electron chi connectivity index (χ3n) is 4.99. The maximum absolute atomic E-state index is 12.0. The Balaban J connectivity index is 3.62. The van der Waals surface area contributed by atoms with Gasteiger partial charge in [-0.2, -0.15) is 0 Å². The summed E-state index contributed by atoms with van der Waals surface area (Å²) in [5.41, 5.74) is -1.36. The van der Waals surface area contributed by atoms with Crippen LogP contribution in [-0.2, 0) is 14.3 Å². The largest absolute Gasteiger partial charge is 0.480 e. The molecule has 0 aliphatic heterocycles. The zero-order valence-electron chi connectivity index (χ0n) is 16.1. The summed E-state index contributed by atoms with van der Waals surface area (Å²) in [5, 5.41) is 9.28. The number of carbonyl (C=O) groups excluding carboxylic acids is 1. The molecule has 0 atom stereocenters. The van der Waals surface area contributed by atoms with Crippen LogP contribution >= 0.6 is 0 Å². The number of hydrogen-bond acceptors (Lipinski definition) is 3. The van der Waals surface area contributed by atoms with Crippen molar-refractivity contribution in [3.63, 3.8) is 0 Å². The van der Waals surface area contributed by atoms with Gasteiger partial charge >= 0.3 is 11.9 Å². The number of esters is 1. The minimum Gasteiger partial charge on any atom is -0.480 e. The molecule has 0 saturated carbocycles. The Morgan fingerprint density at radius 2 is 1.17 bits per heavy atom. The molecule has 0 fully saturated rings. The number of carboxylic acid groups (broad SMARTS) is 1. The summed E-state index contributed by atoms with van der Waals surface area (Å²) in [5.74, 6) is -1.65. The first-order chi connectivity index (χ1) is 11.5. The van der Waals surface area contributed by atoms with Gasteiger partial charge in [-0.15, -0.1) is 0 Å². The number of rotatable bonds is 16. The Kier molecular flexibility index (Phi) is 13.7. The highest BCUT2D eigenvalue weighted by atomic mass is 16.5. The van der Waals surface area contributed by atoms with Gasteiger partial charge in [-0.1, -0.05) is 85.0 Å². The summed E-state index contributed by atoms with van der Waals surface area (Å²) in [4.78, 5) is 23.4. The molecular weight excluding hydrogens is 304 g/mol. The third kappa shape index (κ3) is 8.70. The first kappa shape index (κ1) is 22.9. The Morgan fingerprint density at radius 3 is 1.54 bits per heavy atom. The molecule has 0 aromatic carbocycles. The first-order valence-corrected chi connectivity index (χ1v) is 9.95. The van der Waals surface area contributed by atoms with E-state index < -0.39 is 17.4 Å². The minimum atomic E-state index is -1.36. The second-order valence-corrected chi connectivity index (χ2v) is 6.77. The van der Waals surface area contributed by atoms with E-state index in [1.807, 2.05) is 0 Å². The van der Waals surface area contributed by atoms with Crippen LogP contribution in [0.25, 0.3) is 0 Å². The van der Waals surface area contributed by atoms with Crippen LogP contribution in [0.2, 0.25) is 0 Å². The summed E-state index contributed by atoms with van der Waals surface area (Å²) in [6, 6.07) is 0. The predicted octanol–water partition coefficient (Wildman–Crippen LogP) is 5.73. The van der Waals surface area contributed by atoms with Gasteiger partial charge in [0.05, 0.1) is 6.61 Å². The second kappa shape index (κ2) is 14.3. The predicted molar refractivity (Wildman–Crippen MR) is 98.1 cm³/mol. The second-order valence-electron chi connectivity index (χ2n) is 6.77. The first-order valence-electron chi connectivity index (χ1n) is 9.95. The van der Waals surface area contributed by atoms with E-state index in [0.29, 0.717) is 6.61 Å². The normalized spacial score (nSPS) is 11.5. The number of ether oxygens (including phenoxy) is 1. The van der Waals surface area contributed by atoms with Crippen molar-refractivity contribution in [1.82, 2.24) is 0 Å². The lowest BCUT2D eigenvalue weighted by molar-refractivity contribution is -0.169. The van der Waals surface area contributed by atoms with Gasteiger partial charge in [-0.3, -0.25) is 9.59 Å². The van der Waals surface area contributed by atoms with Crippen LogP contribution in [0.15, 0.2) is 0 Å². The Labute approximate surface area is 148 Å². The van der Waals surface area contributed by atoms with Crippen LogP contribution in [0, 0.1) is 5.41 Å². The van der Waals surface area contributed by atoms with Crippen LogP contribution in [-0.4, -0.2) is 23.7 Å². The summed E-state index contributed by atoms with van der Waals surface area (Å²) in [7, 11) is 0. The highest BCUT2D eigenvalue weighted by molar-refractivity contribution is 5.99. The summed E-state index contributed by atoms with van der Waals surface area (Å²) < 4.78 is 5.21. The fraction of sp³-hybridized carbons (Fsp3) is 0.900. The van der Waals surface area contributed by atoms with Crippen LogP contribution in [0.5, 0.6) is 0 Å². The van der Waals surface area contributed by atoms with E-state index in [9.17, 15) is 14.7 Å². The zero-order valence-corrected chi connectivity index (χ0v) is 16.1. The molecule has 0 aromatic rings. The van der Waals surface area contributed by atoms with Gasteiger partial charge in [-0.05, 0) is 19.3 Å². The van der Waals surface area contributed by atoms with Crippen LogP contribution in [0.4, 0.5) is 0 Å². The minimum absolute atomic E-state index is 0.274. The number of unbranched alkanes of at least 4 members (excludes halogenated alkanes) is 10. The third-order valence-corrected chi connectivity index (χ3v) is 4.99. The SMILES string of the molecule is CCCCCCCCCCCCCOC(=O)C(CC)(CC)C(=O)O. The van der Waals surface area contributed by atoms with E-state index in [1.54, 1.807) is 13.8 Å². The van der Waals surface area contributed by atoms with Crippen LogP contribution in [0.3, 0.4) is 0 Å². The van der Waals surface area contributed by atoms with Crippen molar-refractivity contribution in [2.24, 2.45) is 5.41 Å². The molecule has 0 aromatic heterocycles. The van der Waals surface area contributed by atoms with Gasteiger partial charge in [0.25, 0.3) is 0 Å². The molecule has 0 saturated heterocycles.